The lowest BCUT2D eigenvalue weighted by atomic mass is 10.1. The van der Waals surface area contributed by atoms with Gasteiger partial charge in [0.25, 0.3) is 5.91 Å². The van der Waals surface area contributed by atoms with Gasteiger partial charge in [0.2, 0.25) is 0 Å². The molecule has 21 heavy (non-hydrogen) atoms. The van der Waals surface area contributed by atoms with E-state index in [9.17, 15) is 9.59 Å². The molecule has 0 aliphatic carbocycles. The van der Waals surface area contributed by atoms with Gasteiger partial charge in [-0.25, -0.2) is 0 Å². The first-order valence-corrected chi connectivity index (χ1v) is 6.81. The average Bonchev–Trinajstić information content (AvgIpc) is 2.43. The molecule has 6 heteroatoms. The van der Waals surface area contributed by atoms with Crippen LogP contribution < -0.4 is 14.8 Å². The molecular weight excluding hydrogens is 274 g/mol. The van der Waals surface area contributed by atoms with E-state index in [2.05, 4.69) is 19.2 Å². The van der Waals surface area contributed by atoms with Gasteiger partial charge in [-0.3, -0.25) is 9.59 Å². The minimum atomic E-state index is -1.09. The van der Waals surface area contributed by atoms with Gasteiger partial charge >= 0.3 is 5.97 Å². The molecule has 0 aliphatic rings. The van der Waals surface area contributed by atoms with Crippen LogP contribution in [0.4, 0.5) is 0 Å². The van der Waals surface area contributed by atoms with Crippen LogP contribution in [-0.4, -0.2) is 36.7 Å². The fourth-order valence-corrected chi connectivity index (χ4v) is 1.44. The molecular formula is C15H21NO5. The lowest BCUT2D eigenvalue weighted by molar-refractivity contribution is -0.138. The zero-order chi connectivity index (χ0) is 15.7. The Morgan fingerprint density at radius 3 is 2.52 bits per heavy atom. The number of carboxylic acid groups (broad SMARTS) is 1. The first kappa shape index (κ1) is 16.8. The Hall–Kier alpha value is -2.24. The zero-order valence-corrected chi connectivity index (χ0v) is 12.3. The third-order valence-electron chi connectivity index (χ3n) is 2.58. The lowest BCUT2D eigenvalue weighted by Crippen LogP contribution is -2.33. The number of hydrogen-bond donors (Lipinski definition) is 2. The van der Waals surface area contributed by atoms with Crippen LogP contribution in [0.2, 0.25) is 0 Å². The van der Waals surface area contributed by atoms with Crippen LogP contribution in [0.1, 0.15) is 20.3 Å². The van der Waals surface area contributed by atoms with Crippen molar-refractivity contribution in [2.75, 3.05) is 19.8 Å². The molecule has 0 aromatic heterocycles. The minimum absolute atomic E-state index is 0.233. The predicted molar refractivity (Wildman–Crippen MR) is 77.5 cm³/mol. The van der Waals surface area contributed by atoms with Crippen molar-refractivity contribution in [1.82, 2.24) is 5.32 Å². The van der Waals surface area contributed by atoms with Gasteiger partial charge in [0, 0.05) is 6.07 Å². The molecule has 2 N–H and O–H groups in total. The molecule has 1 aromatic rings. The van der Waals surface area contributed by atoms with Crippen molar-refractivity contribution in [1.29, 1.82) is 0 Å². The topological polar surface area (TPSA) is 84.9 Å². The van der Waals surface area contributed by atoms with Crippen LogP contribution in [0.25, 0.3) is 0 Å². The summed E-state index contributed by atoms with van der Waals surface area (Å²) < 4.78 is 10.9. The Labute approximate surface area is 124 Å². The molecule has 1 aromatic carbocycles. The Morgan fingerprint density at radius 1 is 1.24 bits per heavy atom. The van der Waals surface area contributed by atoms with E-state index in [0.29, 0.717) is 24.0 Å². The fourth-order valence-electron chi connectivity index (χ4n) is 1.44. The van der Waals surface area contributed by atoms with Gasteiger partial charge in [-0.2, -0.15) is 0 Å². The maximum absolute atomic E-state index is 11.3. The van der Waals surface area contributed by atoms with Crippen molar-refractivity contribution in [3.05, 3.63) is 24.3 Å². The predicted octanol–water partition coefficient (Wildman–Crippen LogP) is 1.69. The highest BCUT2D eigenvalue weighted by molar-refractivity contribution is 5.82. The summed E-state index contributed by atoms with van der Waals surface area (Å²) in [6, 6.07) is 7.00. The second kappa shape index (κ2) is 8.84. The van der Waals surface area contributed by atoms with E-state index in [4.69, 9.17) is 14.6 Å². The summed E-state index contributed by atoms with van der Waals surface area (Å²) in [6.07, 6.45) is 0.961. The SMILES string of the molecule is CC(C)CCOc1cccc(OCC(=O)NCC(=O)O)c1. The highest BCUT2D eigenvalue weighted by atomic mass is 16.5. The normalized spacial score (nSPS) is 10.2. The van der Waals surface area contributed by atoms with Crippen molar-refractivity contribution < 1.29 is 24.2 Å². The number of carbonyl (C=O) groups is 2. The summed E-state index contributed by atoms with van der Waals surface area (Å²) in [5, 5.41) is 10.7. The van der Waals surface area contributed by atoms with E-state index < -0.39 is 18.4 Å². The highest BCUT2D eigenvalue weighted by Crippen LogP contribution is 2.19. The van der Waals surface area contributed by atoms with Crippen LogP contribution in [0, 0.1) is 5.92 Å². The molecule has 0 unspecified atom stereocenters. The van der Waals surface area contributed by atoms with E-state index in [1.807, 2.05) is 6.07 Å². The Bertz CT molecular complexity index is 473. The second-order valence-corrected chi connectivity index (χ2v) is 4.96. The number of ether oxygens (including phenoxy) is 2. The second-order valence-electron chi connectivity index (χ2n) is 4.96. The fraction of sp³-hybridized carbons (Fsp3) is 0.467. The Balaban J connectivity index is 2.38. The van der Waals surface area contributed by atoms with Crippen molar-refractivity contribution in [3.63, 3.8) is 0 Å². The van der Waals surface area contributed by atoms with Gasteiger partial charge in [-0.05, 0) is 24.5 Å². The third-order valence-corrected chi connectivity index (χ3v) is 2.58. The maximum atomic E-state index is 11.3. The van der Waals surface area contributed by atoms with Gasteiger partial charge in [-0.1, -0.05) is 19.9 Å². The largest absolute Gasteiger partial charge is 0.493 e. The summed E-state index contributed by atoms with van der Waals surface area (Å²) in [5.41, 5.74) is 0. The number of rotatable bonds is 9. The Kier molecular flexibility index (Phi) is 7.08. The van der Waals surface area contributed by atoms with Gasteiger partial charge in [0.15, 0.2) is 6.61 Å². The van der Waals surface area contributed by atoms with Crippen LogP contribution in [0.5, 0.6) is 11.5 Å². The molecule has 6 nitrogen and oxygen atoms in total. The van der Waals surface area contributed by atoms with Gasteiger partial charge in [-0.15, -0.1) is 0 Å². The summed E-state index contributed by atoms with van der Waals surface area (Å²) in [7, 11) is 0. The lowest BCUT2D eigenvalue weighted by Gasteiger charge is -2.10. The molecule has 0 saturated heterocycles. The van der Waals surface area contributed by atoms with Crippen molar-refractivity contribution >= 4 is 11.9 Å². The molecule has 0 saturated carbocycles. The van der Waals surface area contributed by atoms with Gasteiger partial charge in [0.05, 0.1) is 6.61 Å². The summed E-state index contributed by atoms with van der Waals surface area (Å²) in [5.74, 6) is 0.177. The number of nitrogens with one attached hydrogen (secondary N) is 1. The van der Waals surface area contributed by atoms with Gasteiger partial charge in [0.1, 0.15) is 18.0 Å². The van der Waals surface area contributed by atoms with E-state index in [-0.39, 0.29) is 6.61 Å². The molecule has 0 radical (unpaired) electrons. The molecule has 0 bridgehead atoms. The summed E-state index contributed by atoms with van der Waals surface area (Å²) in [6.45, 7) is 4.22. The molecule has 1 amide bonds. The van der Waals surface area contributed by atoms with Crippen molar-refractivity contribution in [2.45, 2.75) is 20.3 Å². The minimum Gasteiger partial charge on any atom is -0.493 e. The molecule has 0 fully saturated rings. The molecule has 116 valence electrons. The van der Waals surface area contributed by atoms with Crippen LogP contribution in [-0.2, 0) is 9.59 Å². The number of carbonyl (C=O) groups excluding carboxylic acids is 1. The Morgan fingerprint density at radius 2 is 1.90 bits per heavy atom. The number of carboxylic acids is 1. The van der Waals surface area contributed by atoms with Crippen molar-refractivity contribution in [2.24, 2.45) is 5.92 Å². The van der Waals surface area contributed by atoms with Gasteiger partial charge < -0.3 is 19.9 Å². The zero-order valence-electron chi connectivity index (χ0n) is 12.3. The maximum Gasteiger partial charge on any atom is 0.322 e. The average molecular weight is 295 g/mol. The van der Waals surface area contributed by atoms with E-state index in [1.54, 1.807) is 18.2 Å². The first-order chi connectivity index (χ1) is 9.97. The van der Waals surface area contributed by atoms with Crippen LogP contribution in [0.15, 0.2) is 24.3 Å². The monoisotopic (exact) mass is 295 g/mol. The molecule has 1 rings (SSSR count). The highest BCUT2D eigenvalue weighted by Gasteiger charge is 2.05. The molecule has 0 spiro atoms. The van der Waals surface area contributed by atoms with E-state index in [1.165, 1.54) is 0 Å². The molecule has 0 aliphatic heterocycles. The number of hydrogen-bond acceptors (Lipinski definition) is 4. The molecule has 0 heterocycles. The summed E-state index contributed by atoms with van der Waals surface area (Å²) >= 11 is 0. The van der Waals surface area contributed by atoms with Crippen molar-refractivity contribution in [3.8, 4) is 11.5 Å². The molecule has 0 atom stereocenters. The quantitative estimate of drug-likeness (QED) is 0.724. The number of benzene rings is 1. The first-order valence-electron chi connectivity index (χ1n) is 6.81. The van der Waals surface area contributed by atoms with Crippen LogP contribution >= 0.6 is 0 Å². The van der Waals surface area contributed by atoms with E-state index >= 15 is 0 Å². The number of amides is 1. The van der Waals surface area contributed by atoms with E-state index in [0.717, 1.165) is 6.42 Å². The van der Waals surface area contributed by atoms with Crippen LogP contribution in [0.3, 0.4) is 0 Å². The summed E-state index contributed by atoms with van der Waals surface area (Å²) in [4.78, 5) is 21.6. The number of aliphatic carboxylic acids is 1. The smallest absolute Gasteiger partial charge is 0.322 e. The third kappa shape index (κ3) is 7.81. The standard InChI is InChI=1S/C15H21NO5/c1-11(2)6-7-20-12-4-3-5-13(8-12)21-10-14(17)16-9-15(18)19/h3-5,8,11H,6-7,9-10H2,1-2H3,(H,16,17)(H,18,19).